The third kappa shape index (κ3) is 3.52. The molecule has 0 amide bonds. The Morgan fingerprint density at radius 3 is 2.27 bits per heavy atom. The second-order valence-corrected chi connectivity index (χ2v) is 10.8. The van der Waals surface area contributed by atoms with E-state index in [1.165, 1.54) is 9.87 Å². The first-order chi connectivity index (χ1) is 11.9. The van der Waals surface area contributed by atoms with Crippen molar-refractivity contribution < 1.29 is 18.3 Å². The maximum atomic E-state index is 12.0. The molecule has 0 aromatic heterocycles. The minimum absolute atomic E-state index is 0.0747. The third-order valence-corrected chi connectivity index (χ3v) is 6.99. The Hall–Kier alpha value is -1.44. The van der Waals surface area contributed by atoms with E-state index < -0.39 is 21.4 Å². The topological polar surface area (TPSA) is 77.9 Å². The van der Waals surface area contributed by atoms with Crippen LogP contribution < -0.4 is 0 Å². The van der Waals surface area contributed by atoms with Crippen LogP contribution in [-0.4, -0.2) is 61.1 Å². The van der Waals surface area contributed by atoms with Crippen LogP contribution in [-0.2, 0) is 26.8 Å². The predicted octanol–water partition coefficient (Wildman–Crippen LogP) is 1.76. The molecular formula is C19H28N2O4S. The van der Waals surface area contributed by atoms with Gasteiger partial charge in [-0.15, -0.1) is 0 Å². The minimum Gasteiger partial charge on any atom is -0.481 e. The third-order valence-electron chi connectivity index (χ3n) is 5.77. The molecule has 0 saturated carbocycles. The second kappa shape index (κ2) is 6.32. The molecule has 1 aromatic carbocycles. The highest BCUT2D eigenvalue weighted by Gasteiger charge is 2.59. The summed E-state index contributed by atoms with van der Waals surface area (Å²) in [7, 11) is -3.36. The molecule has 144 valence electrons. The van der Waals surface area contributed by atoms with E-state index in [2.05, 4.69) is 49.9 Å². The van der Waals surface area contributed by atoms with E-state index in [1.807, 2.05) is 0 Å². The highest BCUT2D eigenvalue weighted by molar-refractivity contribution is 7.88. The van der Waals surface area contributed by atoms with Gasteiger partial charge in [-0.05, 0) is 16.5 Å². The lowest BCUT2D eigenvalue weighted by atomic mass is 9.81. The van der Waals surface area contributed by atoms with Gasteiger partial charge >= 0.3 is 5.97 Å². The van der Waals surface area contributed by atoms with Crippen molar-refractivity contribution in [3.8, 4) is 0 Å². The summed E-state index contributed by atoms with van der Waals surface area (Å²) >= 11 is 0. The SMILES string of the molecule is CC(C)(C)c1ccc(CN2C[C@H]3CN(S(C)(=O)=O)C[C@@]3(C(=O)O)C2)cc1. The Balaban J connectivity index is 1.73. The number of carboxylic acids is 1. The van der Waals surface area contributed by atoms with Gasteiger partial charge in [-0.1, -0.05) is 45.0 Å². The van der Waals surface area contributed by atoms with E-state index >= 15 is 0 Å². The van der Waals surface area contributed by atoms with Crippen LogP contribution in [0.2, 0.25) is 0 Å². The molecule has 0 bridgehead atoms. The number of rotatable bonds is 4. The normalized spacial score (nSPS) is 27.6. The maximum Gasteiger partial charge on any atom is 0.312 e. The van der Waals surface area contributed by atoms with Crippen LogP contribution >= 0.6 is 0 Å². The molecule has 7 heteroatoms. The number of carboxylic acid groups (broad SMARTS) is 1. The Kier molecular flexibility index (Phi) is 4.70. The number of benzene rings is 1. The van der Waals surface area contributed by atoms with Gasteiger partial charge in [0, 0.05) is 38.6 Å². The average Bonchev–Trinajstić information content (AvgIpc) is 3.01. The highest BCUT2D eigenvalue weighted by Crippen LogP contribution is 2.44. The van der Waals surface area contributed by atoms with Gasteiger partial charge in [-0.25, -0.2) is 12.7 Å². The molecule has 1 aromatic rings. The monoisotopic (exact) mass is 380 g/mol. The molecule has 2 fully saturated rings. The lowest BCUT2D eigenvalue weighted by Gasteiger charge is -2.25. The number of likely N-dealkylation sites (tertiary alicyclic amines) is 1. The quantitative estimate of drug-likeness (QED) is 0.861. The van der Waals surface area contributed by atoms with Crippen molar-refractivity contribution in [3.05, 3.63) is 35.4 Å². The number of aliphatic carboxylic acids is 1. The summed E-state index contributed by atoms with van der Waals surface area (Å²) in [4.78, 5) is 14.1. The number of hydrogen-bond acceptors (Lipinski definition) is 4. The van der Waals surface area contributed by atoms with Crippen LogP contribution in [0.1, 0.15) is 31.9 Å². The highest BCUT2D eigenvalue weighted by atomic mass is 32.2. The molecule has 26 heavy (non-hydrogen) atoms. The molecule has 0 spiro atoms. The largest absolute Gasteiger partial charge is 0.481 e. The summed E-state index contributed by atoms with van der Waals surface area (Å²) in [5.41, 5.74) is 1.53. The number of nitrogens with zero attached hydrogens (tertiary/aromatic N) is 2. The Morgan fingerprint density at radius 2 is 1.81 bits per heavy atom. The zero-order chi connectivity index (χ0) is 19.3. The Morgan fingerprint density at radius 1 is 1.19 bits per heavy atom. The Bertz CT molecular complexity index is 798. The number of fused-ring (bicyclic) bond motifs is 1. The molecule has 0 unspecified atom stereocenters. The molecule has 3 rings (SSSR count). The maximum absolute atomic E-state index is 12.0. The summed E-state index contributed by atoms with van der Waals surface area (Å²) in [6, 6.07) is 8.46. The van der Waals surface area contributed by atoms with Crippen LogP contribution in [0.25, 0.3) is 0 Å². The first-order valence-electron chi connectivity index (χ1n) is 8.92. The molecule has 1 N–H and O–H groups in total. The van der Waals surface area contributed by atoms with Gasteiger partial charge < -0.3 is 5.11 Å². The summed E-state index contributed by atoms with van der Waals surface area (Å²) in [5, 5.41) is 9.82. The Labute approximate surface area is 155 Å². The van der Waals surface area contributed by atoms with Crippen molar-refractivity contribution in [3.63, 3.8) is 0 Å². The molecule has 6 nitrogen and oxygen atoms in total. The van der Waals surface area contributed by atoms with E-state index in [-0.39, 0.29) is 17.9 Å². The van der Waals surface area contributed by atoms with Crippen LogP contribution in [0.15, 0.2) is 24.3 Å². The lowest BCUT2D eigenvalue weighted by molar-refractivity contribution is -0.148. The van der Waals surface area contributed by atoms with E-state index in [0.29, 0.717) is 26.2 Å². The fourth-order valence-corrected chi connectivity index (χ4v) is 5.08. The number of carbonyl (C=O) groups is 1. The van der Waals surface area contributed by atoms with Crippen molar-refractivity contribution >= 4 is 16.0 Å². The van der Waals surface area contributed by atoms with Gasteiger partial charge in [0.1, 0.15) is 0 Å². The molecule has 2 atom stereocenters. The predicted molar refractivity (Wildman–Crippen MR) is 100 cm³/mol. The molecule has 2 aliphatic heterocycles. The molecule has 2 aliphatic rings. The fraction of sp³-hybridized carbons (Fsp3) is 0.632. The van der Waals surface area contributed by atoms with Gasteiger partial charge in [-0.2, -0.15) is 0 Å². The van der Waals surface area contributed by atoms with Crippen LogP contribution in [0.4, 0.5) is 0 Å². The van der Waals surface area contributed by atoms with E-state index in [4.69, 9.17) is 0 Å². The standard InChI is InChI=1S/C19H28N2O4S/c1-18(2,3)15-7-5-14(6-8-15)9-20-10-16-11-21(26(4,24)25)13-19(16,12-20)17(22)23/h5-8,16H,9-13H2,1-4H3,(H,22,23)/t16-,19-/m0/s1. The molecule has 2 saturated heterocycles. The first-order valence-corrected chi connectivity index (χ1v) is 10.8. The summed E-state index contributed by atoms with van der Waals surface area (Å²) in [5.74, 6) is -1.05. The van der Waals surface area contributed by atoms with Crippen molar-refractivity contribution in [1.29, 1.82) is 0 Å². The summed E-state index contributed by atoms with van der Waals surface area (Å²) in [6.07, 6.45) is 1.15. The zero-order valence-electron chi connectivity index (χ0n) is 15.9. The summed E-state index contributed by atoms with van der Waals surface area (Å²) in [6.45, 7) is 8.58. The van der Waals surface area contributed by atoms with Crippen molar-refractivity contribution in [2.45, 2.75) is 32.7 Å². The lowest BCUT2D eigenvalue weighted by Crippen LogP contribution is -2.41. The van der Waals surface area contributed by atoms with E-state index in [1.54, 1.807) is 0 Å². The van der Waals surface area contributed by atoms with Gasteiger partial charge in [-0.3, -0.25) is 9.69 Å². The van der Waals surface area contributed by atoms with E-state index in [9.17, 15) is 18.3 Å². The first kappa shape index (κ1) is 19.3. The van der Waals surface area contributed by atoms with Gasteiger partial charge in [0.05, 0.1) is 11.7 Å². The van der Waals surface area contributed by atoms with Crippen LogP contribution in [0.3, 0.4) is 0 Å². The van der Waals surface area contributed by atoms with Gasteiger partial charge in [0.15, 0.2) is 0 Å². The van der Waals surface area contributed by atoms with Gasteiger partial charge in [0.2, 0.25) is 10.0 Å². The van der Waals surface area contributed by atoms with Crippen molar-refractivity contribution in [2.24, 2.45) is 11.3 Å². The minimum atomic E-state index is -3.36. The van der Waals surface area contributed by atoms with Crippen LogP contribution in [0.5, 0.6) is 0 Å². The second-order valence-electron chi connectivity index (χ2n) is 8.83. The number of sulfonamides is 1. The smallest absolute Gasteiger partial charge is 0.312 e. The molecule has 2 heterocycles. The van der Waals surface area contributed by atoms with Crippen LogP contribution in [0, 0.1) is 11.3 Å². The van der Waals surface area contributed by atoms with Crippen molar-refractivity contribution in [1.82, 2.24) is 9.21 Å². The van der Waals surface area contributed by atoms with Gasteiger partial charge in [0.25, 0.3) is 0 Å². The molecular weight excluding hydrogens is 352 g/mol. The van der Waals surface area contributed by atoms with E-state index in [0.717, 1.165) is 11.8 Å². The number of hydrogen-bond donors (Lipinski definition) is 1. The zero-order valence-corrected chi connectivity index (χ0v) is 16.7. The molecule has 0 radical (unpaired) electrons. The average molecular weight is 381 g/mol. The molecule has 0 aliphatic carbocycles. The summed E-state index contributed by atoms with van der Waals surface area (Å²) < 4.78 is 25.0. The fourth-order valence-electron chi connectivity index (χ4n) is 4.17. The van der Waals surface area contributed by atoms with Crippen molar-refractivity contribution in [2.75, 3.05) is 32.4 Å².